The summed E-state index contributed by atoms with van der Waals surface area (Å²) in [6.45, 7) is 6.07. The molecule has 1 unspecified atom stereocenters. The maximum atomic E-state index is 9.47. The summed E-state index contributed by atoms with van der Waals surface area (Å²) in [7, 11) is 0. The Kier molecular flexibility index (Phi) is 4.74. The van der Waals surface area contributed by atoms with E-state index >= 15 is 0 Å². The Balaban J connectivity index is 2.21. The summed E-state index contributed by atoms with van der Waals surface area (Å²) in [4.78, 5) is 4.24. The van der Waals surface area contributed by atoms with Crippen LogP contribution in [0.5, 0.6) is 11.6 Å². The number of benzene rings is 1. The van der Waals surface area contributed by atoms with Crippen molar-refractivity contribution in [3.63, 3.8) is 0 Å². The van der Waals surface area contributed by atoms with E-state index in [-0.39, 0.29) is 0 Å². The number of hydrogen-bond acceptors (Lipinski definition) is 3. The van der Waals surface area contributed by atoms with E-state index in [0.717, 1.165) is 17.7 Å². The molecule has 0 saturated heterocycles. The van der Waals surface area contributed by atoms with E-state index in [1.165, 1.54) is 5.56 Å². The van der Waals surface area contributed by atoms with Crippen LogP contribution >= 0.6 is 0 Å². The topological polar surface area (TPSA) is 42.4 Å². The molecular weight excluding hydrogens is 250 g/mol. The lowest BCUT2D eigenvalue weighted by molar-refractivity contribution is 0.198. The summed E-state index contributed by atoms with van der Waals surface area (Å²) in [6, 6.07) is 11.7. The Bertz CT molecular complexity index is 549. The third-order valence-electron chi connectivity index (χ3n) is 3.52. The van der Waals surface area contributed by atoms with Gasteiger partial charge >= 0.3 is 0 Å². The summed E-state index contributed by atoms with van der Waals surface area (Å²) in [5, 5.41) is 9.47. The number of pyridine rings is 1. The largest absolute Gasteiger partial charge is 0.439 e. The monoisotopic (exact) mass is 271 g/mol. The van der Waals surface area contributed by atoms with Gasteiger partial charge in [0.2, 0.25) is 5.88 Å². The molecule has 0 spiro atoms. The molecule has 0 saturated carbocycles. The van der Waals surface area contributed by atoms with E-state index in [4.69, 9.17) is 4.74 Å². The van der Waals surface area contributed by atoms with Crippen LogP contribution in [0.1, 0.15) is 50.3 Å². The van der Waals surface area contributed by atoms with Crippen molar-refractivity contribution in [2.45, 2.75) is 39.2 Å². The zero-order chi connectivity index (χ0) is 14.5. The fourth-order valence-corrected chi connectivity index (χ4v) is 2.01. The number of aliphatic hydroxyl groups excluding tert-OH is 1. The maximum absolute atomic E-state index is 9.47. The van der Waals surface area contributed by atoms with Gasteiger partial charge in [-0.25, -0.2) is 4.98 Å². The van der Waals surface area contributed by atoms with Gasteiger partial charge in [0, 0.05) is 12.3 Å². The van der Waals surface area contributed by atoms with Crippen molar-refractivity contribution in [1.82, 2.24) is 4.98 Å². The van der Waals surface area contributed by atoms with E-state index < -0.39 is 6.10 Å². The van der Waals surface area contributed by atoms with Gasteiger partial charge < -0.3 is 9.84 Å². The van der Waals surface area contributed by atoms with Crippen LogP contribution < -0.4 is 4.74 Å². The molecule has 20 heavy (non-hydrogen) atoms. The minimum atomic E-state index is -0.510. The molecule has 0 radical (unpaired) electrons. The lowest BCUT2D eigenvalue weighted by atomic mass is 9.98. The molecule has 1 aromatic carbocycles. The Morgan fingerprint density at radius 3 is 2.50 bits per heavy atom. The minimum Gasteiger partial charge on any atom is -0.439 e. The highest BCUT2D eigenvalue weighted by molar-refractivity contribution is 5.38. The molecule has 0 fully saturated rings. The minimum absolute atomic E-state index is 0.447. The predicted octanol–water partition coefficient (Wildman–Crippen LogP) is 4.44. The van der Waals surface area contributed by atoms with Gasteiger partial charge in [-0.05, 0) is 42.5 Å². The van der Waals surface area contributed by atoms with E-state index in [1.807, 2.05) is 24.3 Å². The van der Waals surface area contributed by atoms with E-state index in [9.17, 15) is 5.11 Å². The highest BCUT2D eigenvalue weighted by atomic mass is 16.5. The zero-order valence-electron chi connectivity index (χ0n) is 12.2. The Morgan fingerprint density at radius 2 is 1.90 bits per heavy atom. The first-order valence-corrected chi connectivity index (χ1v) is 7.02. The van der Waals surface area contributed by atoms with Gasteiger partial charge in [-0.15, -0.1) is 0 Å². The highest BCUT2D eigenvalue weighted by Gasteiger charge is 2.11. The van der Waals surface area contributed by atoms with Crippen LogP contribution in [0.25, 0.3) is 0 Å². The van der Waals surface area contributed by atoms with Crippen LogP contribution in [0.3, 0.4) is 0 Å². The molecule has 0 amide bonds. The fourth-order valence-electron chi connectivity index (χ4n) is 2.01. The zero-order valence-corrected chi connectivity index (χ0v) is 12.2. The van der Waals surface area contributed by atoms with Gasteiger partial charge in [0.25, 0.3) is 0 Å². The van der Waals surface area contributed by atoms with Crippen LogP contribution in [-0.2, 0) is 0 Å². The molecule has 1 N–H and O–H groups in total. The molecular formula is C17H21NO2. The number of para-hydroxylation sites is 1. The number of aliphatic hydroxyl groups is 1. The highest BCUT2D eigenvalue weighted by Crippen LogP contribution is 2.31. The van der Waals surface area contributed by atoms with Crippen molar-refractivity contribution in [1.29, 1.82) is 0 Å². The van der Waals surface area contributed by atoms with Crippen molar-refractivity contribution in [2.24, 2.45) is 0 Å². The SMILES string of the molecule is CCC(C)c1ccccc1Oc1ccc([C@@H](C)O)cn1. The second-order valence-corrected chi connectivity index (χ2v) is 5.05. The summed E-state index contributed by atoms with van der Waals surface area (Å²) >= 11 is 0. The van der Waals surface area contributed by atoms with Gasteiger partial charge in [-0.2, -0.15) is 0 Å². The number of hydrogen-bond donors (Lipinski definition) is 1. The van der Waals surface area contributed by atoms with Crippen LogP contribution in [-0.4, -0.2) is 10.1 Å². The normalized spacial score (nSPS) is 13.8. The van der Waals surface area contributed by atoms with Crippen LogP contribution in [0.2, 0.25) is 0 Å². The molecule has 0 aliphatic heterocycles. The maximum Gasteiger partial charge on any atom is 0.219 e. The van der Waals surface area contributed by atoms with Gasteiger partial charge in [0.15, 0.2) is 0 Å². The van der Waals surface area contributed by atoms with Gasteiger partial charge in [-0.3, -0.25) is 0 Å². The summed E-state index contributed by atoms with van der Waals surface area (Å²) in [6.07, 6.45) is 2.20. The van der Waals surface area contributed by atoms with Crippen LogP contribution in [0, 0.1) is 0 Å². The fraction of sp³-hybridized carbons (Fsp3) is 0.353. The van der Waals surface area contributed by atoms with E-state index in [0.29, 0.717) is 11.8 Å². The number of nitrogens with zero attached hydrogens (tertiary/aromatic N) is 1. The predicted molar refractivity (Wildman–Crippen MR) is 80.1 cm³/mol. The molecule has 1 aromatic heterocycles. The second-order valence-electron chi connectivity index (χ2n) is 5.05. The number of aromatic nitrogens is 1. The molecule has 1 heterocycles. The van der Waals surface area contributed by atoms with Gasteiger partial charge in [0.1, 0.15) is 5.75 Å². The van der Waals surface area contributed by atoms with Crippen molar-refractivity contribution >= 4 is 0 Å². The Morgan fingerprint density at radius 1 is 1.15 bits per heavy atom. The average Bonchev–Trinajstić information content (AvgIpc) is 2.47. The summed E-state index contributed by atoms with van der Waals surface area (Å²) < 4.78 is 5.87. The van der Waals surface area contributed by atoms with Crippen molar-refractivity contribution < 1.29 is 9.84 Å². The van der Waals surface area contributed by atoms with Crippen LogP contribution in [0.4, 0.5) is 0 Å². The third kappa shape index (κ3) is 3.36. The number of rotatable bonds is 5. The molecule has 106 valence electrons. The smallest absolute Gasteiger partial charge is 0.219 e. The lowest BCUT2D eigenvalue weighted by Crippen LogP contribution is -1.98. The second kappa shape index (κ2) is 6.53. The van der Waals surface area contributed by atoms with Gasteiger partial charge in [-0.1, -0.05) is 32.0 Å². The quantitative estimate of drug-likeness (QED) is 0.874. The van der Waals surface area contributed by atoms with E-state index in [2.05, 4.69) is 24.9 Å². The molecule has 2 atom stereocenters. The third-order valence-corrected chi connectivity index (χ3v) is 3.52. The van der Waals surface area contributed by atoms with Gasteiger partial charge in [0.05, 0.1) is 6.10 Å². The van der Waals surface area contributed by atoms with Crippen molar-refractivity contribution in [3.8, 4) is 11.6 Å². The molecule has 0 bridgehead atoms. The van der Waals surface area contributed by atoms with E-state index in [1.54, 1.807) is 19.2 Å². The molecule has 0 aliphatic rings. The lowest BCUT2D eigenvalue weighted by Gasteiger charge is -2.15. The van der Waals surface area contributed by atoms with Crippen molar-refractivity contribution in [2.75, 3.05) is 0 Å². The molecule has 0 aliphatic carbocycles. The number of ether oxygens (including phenoxy) is 1. The average molecular weight is 271 g/mol. The van der Waals surface area contributed by atoms with Crippen molar-refractivity contribution in [3.05, 3.63) is 53.7 Å². The Labute approximate surface area is 120 Å². The molecule has 3 heteroatoms. The first-order chi connectivity index (χ1) is 9.61. The first-order valence-electron chi connectivity index (χ1n) is 7.02. The first kappa shape index (κ1) is 14.5. The van der Waals surface area contributed by atoms with Crippen LogP contribution in [0.15, 0.2) is 42.6 Å². The standard InChI is InChI=1S/C17H21NO2/c1-4-12(2)15-7-5-6-8-16(15)20-17-10-9-14(11-18-17)13(3)19/h5-13,19H,4H2,1-3H3/t12?,13-/m1/s1. The Hall–Kier alpha value is -1.87. The summed E-state index contributed by atoms with van der Waals surface area (Å²) in [5.74, 6) is 1.84. The summed E-state index contributed by atoms with van der Waals surface area (Å²) in [5.41, 5.74) is 1.98. The molecule has 3 nitrogen and oxygen atoms in total. The molecule has 2 rings (SSSR count). The molecule has 2 aromatic rings.